The van der Waals surface area contributed by atoms with E-state index >= 15 is 0 Å². The zero-order chi connectivity index (χ0) is 9.42. The van der Waals surface area contributed by atoms with Crippen molar-refractivity contribution in [1.82, 2.24) is 0 Å². The molecule has 0 aliphatic rings. The molecule has 4 heteroatoms. The van der Waals surface area contributed by atoms with E-state index in [0.717, 1.165) is 25.5 Å². The van der Waals surface area contributed by atoms with Gasteiger partial charge in [0, 0.05) is 10.2 Å². The minimum atomic E-state index is 0.749. The fraction of sp³-hybridized carbons (Fsp3) is 0.111. The van der Waals surface area contributed by atoms with Crippen LogP contribution in [0.1, 0.15) is 5.56 Å². The van der Waals surface area contributed by atoms with Crippen molar-refractivity contribution >= 4 is 61.6 Å². The lowest BCUT2D eigenvalue weighted by Crippen LogP contribution is -1.82. The topological polar surface area (TPSA) is 0 Å². The quantitative estimate of drug-likeness (QED) is 0.570. The molecule has 1 aromatic heterocycles. The number of hydrogen-bond acceptors (Lipinski definition) is 2. The van der Waals surface area contributed by atoms with Crippen molar-refractivity contribution in [2.24, 2.45) is 0 Å². The number of halogens is 2. The van der Waals surface area contributed by atoms with Crippen LogP contribution in [0.25, 0.3) is 10.1 Å². The van der Waals surface area contributed by atoms with E-state index in [1.807, 2.05) is 5.38 Å². The normalized spacial score (nSPS) is 11.0. The predicted octanol–water partition coefficient (Wildman–Crippen LogP) is 4.74. The molecule has 68 valence electrons. The van der Waals surface area contributed by atoms with Crippen molar-refractivity contribution in [1.29, 1.82) is 0 Å². The lowest BCUT2D eigenvalue weighted by Gasteiger charge is -2.04. The summed E-state index contributed by atoms with van der Waals surface area (Å²) in [5.74, 6) is 0. The first kappa shape index (κ1) is 9.84. The average molecular weight is 294 g/mol. The Morgan fingerprint density at radius 2 is 2.31 bits per heavy atom. The molecule has 2 rings (SSSR count). The van der Waals surface area contributed by atoms with Crippen LogP contribution in [0.15, 0.2) is 22.4 Å². The van der Waals surface area contributed by atoms with E-state index in [0.29, 0.717) is 0 Å². The van der Waals surface area contributed by atoms with Gasteiger partial charge in [-0.3, -0.25) is 0 Å². The minimum Gasteiger partial charge on any atom is -0.143 e. The second-order valence-electron chi connectivity index (χ2n) is 2.66. The number of thiol groups is 1. The van der Waals surface area contributed by atoms with Gasteiger partial charge in [-0.05, 0) is 28.5 Å². The van der Waals surface area contributed by atoms with Crippen LogP contribution in [0, 0.1) is 0 Å². The molecular weight excluding hydrogens is 288 g/mol. The summed E-state index contributed by atoms with van der Waals surface area (Å²) in [6.07, 6.45) is 0. The number of rotatable bonds is 1. The van der Waals surface area contributed by atoms with E-state index < -0.39 is 0 Å². The highest BCUT2D eigenvalue weighted by Gasteiger charge is 2.09. The molecule has 2 aromatic rings. The Bertz CT molecular complexity index is 450. The van der Waals surface area contributed by atoms with Crippen LogP contribution in [0.3, 0.4) is 0 Å². The monoisotopic (exact) mass is 292 g/mol. The Kier molecular flexibility index (Phi) is 2.88. The van der Waals surface area contributed by atoms with E-state index in [-0.39, 0.29) is 0 Å². The second-order valence-corrected chi connectivity index (χ2v) is 5.00. The molecule has 0 aliphatic heterocycles. The highest BCUT2D eigenvalue weighted by molar-refractivity contribution is 9.08. The molecule has 0 saturated heterocycles. The van der Waals surface area contributed by atoms with Crippen LogP contribution in [-0.4, -0.2) is 0 Å². The van der Waals surface area contributed by atoms with E-state index in [4.69, 9.17) is 11.6 Å². The largest absolute Gasteiger partial charge is 0.143 e. The molecule has 1 aromatic carbocycles. The smallest absolute Gasteiger partial charge is 0.0635 e. The number of thiophene rings is 1. The van der Waals surface area contributed by atoms with Crippen molar-refractivity contribution < 1.29 is 0 Å². The standard InChI is InChI=1S/C9H6BrClS2/c10-4-6-7(12)3-5-1-2-13-9(5)8(6)11/h1-3,12H,4H2. The van der Waals surface area contributed by atoms with E-state index in [1.165, 1.54) is 5.39 Å². The molecule has 0 unspecified atom stereocenters. The molecular formula is C9H6BrClS2. The molecule has 0 N–H and O–H groups in total. The Morgan fingerprint density at radius 3 is 3.00 bits per heavy atom. The molecule has 1 heterocycles. The van der Waals surface area contributed by atoms with Crippen molar-refractivity contribution in [2.75, 3.05) is 0 Å². The first-order chi connectivity index (χ1) is 6.24. The minimum absolute atomic E-state index is 0.749. The third-order valence-electron chi connectivity index (χ3n) is 1.90. The van der Waals surface area contributed by atoms with Crippen LogP contribution in [0.4, 0.5) is 0 Å². The number of fused-ring (bicyclic) bond motifs is 1. The van der Waals surface area contributed by atoms with Gasteiger partial charge in [0.05, 0.1) is 9.72 Å². The summed E-state index contributed by atoms with van der Waals surface area (Å²) in [5, 5.41) is 4.79. The van der Waals surface area contributed by atoms with Gasteiger partial charge in [-0.1, -0.05) is 27.5 Å². The molecule has 0 nitrogen and oxygen atoms in total. The van der Waals surface area contributed by atoms with Gasteiger partial charge in [-0.2, -0.15) is 0 Å². The van der Waals surface area contributed by atoms with Crippen molar-refractivity contribution in [3.05, 3.63) is 28.1 Å². The summed E-state index contributed by atoms with van der Waals surface area (Å²) < 4.78 is 1.15. The average Bonchev–Trinajstić information content (AvgIpc) is 2.53. The molecule has 0 aliphatic carbocycles. The summed E-state index contributed by atoms with van der Waals surface area (Å²) in [7, 11) is 0. The summed E-state index contributed by atoms with van der Waals surface area (Å²) in [4.78, 5) is 0.952. The Hall–Kier alpha value is 0.300. The SMILES string of the molecule is Sc1cc2ccsc2c(Cl)c1CBr. The van der Waals surface area contributed by atoms with Crippen molar-refractivity contribution in [3.63, 3.8) is 0 Å². The van der Waals surface area contributed by atoms with Gasteiger partial charge in [0.1, 0.15) is 0 Å². The molecule has 0 bridgehead atoms. The lowest BCUT2D eigenvalue weighted by molar-refractivity contribution is 1.32. The summed E-state index contributed by atoms with van der Waals surface area (Å²) in [6.45, 7) is 0. The molecule has 0 fully saturated rings. The molecule has 0 saturated carbocycles. The summed E-state index contributed by atoms with van der Waals surface area (Å²) in [5.41, 5.74) is 1.07. The fourth-order valence-corrected chi connectivity index (χ4v) is 3.83. The number of alkyl halides is 1. The van der Waals surface area contributed by atoms with E-state index in [1.54, 1.807) is 11.3 Å². The van der Waals surface area contributed by atoms with Crippen LogP contribution in [-0.2, 0) is 5.33 Å². The first-order valence-electron chi connectivity index (χ1n) is 3.67. The Balaban J connectivity index is 2.85. The highest BCUT2D eigenvalue weighted by atomic mass is 79.9. The predicted molar refractivity (Wildman–Crippen MR) is 66.7 cm³/mol. The molecule has 0 atom stereocenters. The number of benzene rings is 1. The van der Waals surface area contributed by atoms with Crippen LogP contribution in [0.2, 0.25) is 5.02 Å². The molecule has 0 radical (unpaired) electrons. The summed E-state index contributed by atoms with van der Waals surface area (Å²) >= 11 is 15.7. The fourth-order valence-electron chi connectivity index (χ4n) is 1.22. The van der Waals surface area contributed by atoms with Gasteiger partial charge in [0.2, 0.25) is 0 Å². The maximum atomic E-state index is 6.22. The third-order valence-corrected chi connectivity index (χ3v) is 4.33. The highest BCUT2D eigenvalue weighted by Crippen LogP contribution is 2.36. The third kappa shape index (κ3) is 1.63. The van der Waals surface area contributed by atoms with Gasteiger partial charge in [0.15, 0.2) is 0 Å². The van der Waals surface area contributed by atoms with Crippen LogP contribution < -0.4 is 0 Å². The maximum absolute atomic E-state index is 6.22. The van der Waals surface area contributed by atoms with Gasteiger partial charge in [-0.15, -0.1) is 24.0 Å². The first-order valence-corrected chi connectivity index (χ1v) is 6.50. The molecule has 0 spiro atoms. The maximum Gasteiger partial charge on any atom is 0.0635 e. The second kappa shape index (κ2) is 3.81. The van der Waals surface area contributed by atoms with Gasteiger partial charge >= 0.3 is 0 Å². The lowest BCUT2D eigenvalue weighted by atomic mass is 10.2. The van der Waals surface area contributed by atoms with Gasteiger partial charge in [-0.25, -0.2) is 0 Å². The summed E-state index contributed by atoms with van der Waals surface area (Å²) in [6, 6.07) is 4.11. The van der Waals surface area contributed by atoms with E-state index in [9.17, 15) is 0 Å². The van der Waals surface area contributed by atoms with Crippen LogP contribution in [0.5, 0.6) is 0 Å². The Labute approximate surface area is 99.4 Å². The van der Waals surface area contributed by atoms with Crippen molar-refractivity contribution in [2.45, 2.75) is 10.2 Å². The zero-order valence-corrected chi connectivity index (χ0v) is 10.6. The van der Waals surface area contributed by atoms with Gasteiger partial charge < -0.3 is 0 Å². The van der Waals surface area contributed by atoms with Crippen molar-refractivity contribution in [3.8, 4) is 0 Å². The van der Waals surface area contributed by atoms with Gasteiger partial charge in [0.25, 0.3) is 0 Å². The Morgan fingerprint density at radius 1 is 1.54 bits per heavy atom. The van der Waals surface area contributed by atoms with E-state index in [2.05, 4.69) is 40.7 Å². The zero-order valence-electron chi connectivity index (χ0n) is 6.55. The van der Waals surface area contributed by atoms with Crippen LogP contribution >= 0.6 is 51.5 Å². The molecule has 13 heavy (non-hydrogen) atoms. The number of hydrogen-bond donors (Lipinski definition) is 1. The molecule has 0 amide bonds.